The Morgan fingerprint density at radius 2 is 1.68 bits per heavy atom. The second kappa shape index (κ2) is 5.22. The lowest BCUT2D eigenvalue weighted by atomic mass is 9.73. The van der Waals surface area contributed by atoms with E-state index in [0.29, 0.717) is 5.92 Å². The standard InChI is InChI=1S/C19H22O3/c20-17-16(18(21)22-19(17)11-5-2-6-12-19)15(14-9-10-14)13-7-3-1-4-8-13/h1,3-4,7-8,14-16H,2,5-6,9-12H2. The highest BCUT2D eigenvalue weighted by atomic mass is 16.6. The van der Waals surface area contributed by atoms with Gasteiger partial charge in [0.15, 0.2) is 11.4 Å². The first-order valence-corrected chi connectivity index (χ1v) is 8.53. The van der Waals surface area contributed by atoms with E-state index >= 15 is 0 Å². The molecule has 3 nitrogen and oxygen atoms in total. The molecule has 1 saturated heterocycles. The Balaban J connectivity index is 1.68. The van der Waals surface area contributed by atoms with Crippen LogP contribution in [0.15, 0.2) is 30.3 Å². The fourth-order valence-corrected chi connectivity index (χ4v) is 4.35. The van der Waals surface area contributed by atoms with Crippen LogP contribution in [-0.2, 0) is 14.3 Å². The number of hydrogen-bond acceptors (Lipinski definition) is 3. The van der Waals surface area contributed by atoms with Crippen molar-refractivity contribution in [3.8, 4) is 0 Å². The molecule has 3 aliphatic rings. The third-order valence-electron chi connectivity index (χ3n) is 5.62. The van der Waals surface area contributed by atoms with Crippen LogP contribution in [-0.4, -0.2) is 17.4 Å². The average molecular weight is 298 g/mol. The summed E-state index contributed by atoms with van der Waals surface area (Å²) in [5.74, 6) is -0.302. The van der Waals surface area contributed by atoms with Gasteiger partial charge < -0.3 is 4.74 Å². The second-order valence-electron chi connectivity index (χ2n) is 7.09. The van der Waals surface area contributed by atoms with Gasteiger partial charge in [-0.05, 0) is 50.0 Å². The summed E-state index contributed by atoms with van der Waals surface area (Å²) in [7, 11) is 0. The van der Waals surface area contributed by atoms with Gasteiger partial charge >= 0.3 is 5.97 Å². The van der Waals surface area contributed by atoms with Gasteiger partial charge in [0.05, 0.1) is 0 Å². The minimum absolute atomic E-state index is 0.0162. The lowest BCUT2D eigenvalue weighted by Gasteiger charge is -2.30. The minimum Gasteiger partial charge on any atom is -0.450 e. The Morgan fingerprint density at radius 1 is 1.00 bits per heavy atom. The Kier molecular flexibility index (Phi) is 3.32. The van der Waals surface area contributed by atoms with E-state index < -0.39 is 11.5 Å². The van der Waals surface area contributed by atoms with Gasteiger partial charge in [0.25, 0.3) is 0 Å². The Labute approximate surface area is 131 Å². The highest BCUT2D eigenvalue weighted by molar-refractivity contribution is 6.10. The van der Waals surface area contributed by atoms with Crippen LogP contribution in [0.3, 0.4) is 0 Å². The zero-order valence-electron chi connectivity index (χ0n) is 12.8. The van der Waals surface area contributed by atoms with Gasteiger partial charge in [0.2, 0.25) is 0 Å². The van der Waals surface area contributed by atoms with E-state index in [-0.39, 0.29) is 17.7 Å². The van der Waals surface area contributed by atoms with Gasteiger partial charge in [-0.15, -0.1) is 0 Å². The third-order valence-corrected chi connectivity index (χ3v) is 5.62. The normalized spacial score (nSPS) is 28.6. The van der Waals surface area contributed by atoms with Gasteiger partial charge in [-0.3, -0.25) is 9.59 Å². The Bertz CT molecular complexity index is 582. The molecule has 2 atom stereocenters. The first kappa shape index (κ1) is 14.0. The van der Waals surface area contributed by atoms with Gasteiger partial charge in [-0.2, -0.15) is 0 Å². The number of Topliss-reactive ketones (excluding diaryl/α,β-unsaturated/α-hetero) is 1. The third kappa shape index (κ3) is 2.18. The van der Waals surface area contributed by atoms with Gasteiger partial charge in [0, 0.05) is 5.92 Å². The molecule has 1 heterocycles. The van der Waals surface area contributed by atoms with Crippen LogP contribution in [0.4, 0.5) is 0 Å². The molecule has 2 aliphatic carbocycles. The molecule has 116 valence electrons. The lowest BCUT2D eigenvalue weighted by Crippen LogP contribution is -2.40. The van der Waals surface area contributed by atoms with Crippen LogP contribution in [0.25, 0.3) is 0 Å². The fraction of sp³-hybridized carbons (Fsp3) is 0.579. The number of ketones is 1. The maximum Gasteiger partial charge on any atom is 0.318 e. The van der Waals surface area contributed by atoms with Crippen LogP contribution < -0.4 is 0 Å². The van der Waals surface area contributed by atoms with Crippen LogP contribution >= 0.6 is 0 Å². The van der Waals surface area contributed by atoms with E-state index in [1.807, 2.05) is 18.2 Å². The summed E-state index contributed by atoms with van der Waals surface area (Å²) < 4.78 is 5.71. The molecular formula is C19H22O3. The van der Waals surface area contributed by atoms with E-state index in [9.17, 15) is 9.59 Å². The molecule has 3 heteroatoms. The molecule has 1 spiro atoms. The van der Waals surface area contributed by atoms with Crippen molar-refractivity contribution in [2.24, 2.45) is 11.8 Å². The van der Waals surface area contributed by atoms with Gasteiger partial charge in [-0.25, -0.2) is 0 Å². The smallest absolute Gasteiger partial charge is 0.318 e. The summed E-state index contributed by atoms with van der Waals surface area (Å²) in [5.41, 5.74) is 0.329. The fourth-order valence-electron chi connectivity index (χ4n) is 4.35. The van der Waals surface area contributed by atoms with Crippen molar-refractivity contribution in [2.75, 3.05) is 0 Å². The molecule has 1 aliphatic heterocycles. The summed E-state index contributed by atoms with van der Waals surface area (Å²) >= 11 is 0. The van der Waals surface area contributed by atoms with Gasteiger partial charge in [-0.1, -0.05) is 36.8 Å². The van der Waals surface area contributed by atoms with Crippen LogP contribution in [0.1, 0.15) is 56.4 Å². The molecular weight excluding hydrogens is 276 g/mol. The topological polar surface area (TPSA) is 43.4 Å². The summed E-state index contributed by atoms with van der Waals surface area (Å²) in [6.07, 6.45) is 6.80. The molecule has 22 heavy (non-hydrogen) atoms. The second-order valence-corrected chi connectivity index (χ2v) is 7.09. The van der Waals surface area contributed by atoms with Crippen molar-refractivity contribution in [3.63, 3.8) is 0 Å². The molecule has 0 bridgehead atoms. The summed E-state index contributed by atoms with van der Waals surface area (Å²) in [5, 5.41) is 0. The molecule has 4 rings (SSSR count). The van der Waals surface area contributed by atoms with Crippen molar-refractivity contribution in [3.05, 3.63) is 35.9 Å². The minimum atomic E-state index is -0.790. The van der Waals surface area contributed by atoms with Crippen molar-refractivity contribution in [2.45, 2.75) is 56.5 Å². The summed E-state index contributed by atoms with van der Waals surface area (Å²) in [4.78, 5) is 25.7. The number of carbonyl (C=O) groups is 2. The number of ether oxygens (including phenoxy) is 1. The Morgan fingerprint density at radius 3 is 2.32 bits per heavy atom. The molecule has 0 N–H and O–H groups in total. The molecule has 0 amide bonds. The number of esters is 1. The van der Waals surface area contributed by atoms with Crippen molar-refractivity contribution >= 4 is 11.8 Å². The van der Waals surface area contributed by atoms with E-state index in [4.69, 9.17) is 4.74 Å². The Hall–Kier alpha value is -1.64. The van der Waals surface area contributed by atoms with Crippen LogP contribution in [0.2, 0.25) is 0 Å². The SMILES string of the molecule is O=C1OC2(CCCCC2)C(=O)C1C(c1ccccc1)C1CC1. The molecule has 2 unspecified atom stereocenters. The van der Waals surface area contributed by atoms with E-state index in [0.717, 1.165) is 50.5 Å². The van der Waals surface area contributed by atoms with E-state index in [1.54, 1.807) is 0 Å². The lowest BCUT2D eigenvalue weighted by molar-refractivity contribution is -0.155. The zero-order valence-corrected chi connectivity index (χ0v) is 12.8. The average Bonchev–Trinajstić information content (AvgIpc) is 3.34. The number of hydrogen-bond donors (Lipinski definition) is 0. The van der Waals surface area contributed by atoms with E-state index in [2.05, 4.69) is 12.1 Å². The van der Waals surface area contributed by atoms with E-state index in [1.165, 1.54) is 0 Å². The van der Waals surface area contributed by atoms with Crippen molar-refractivity contribution < 1.29 is 14.3 Å². The molecule has 1 aromatic rings. The number of carbonyl (C=O) groups excluding carboxylic acids is 2. The number of rotatable bonds is 3. The molecule has 3 fully saturated rings. The number of benzene rings is 1. The van der Waals surface area contributed by atoms with Crippen LogP contribution in [0, 0.1) is 11.8 Å². The van der Waals surface area contributed by atoms with Crippen LogP contribution in [0.5, 0.6) is 0 Å². The van der Waals surface area contributed by atoms with Crippen molar-refractivity contribution in [1.82, 2.24) is 0 Å². The predicted octanol–water partition coefficient (Wildman–Crippen LogP) is 3.63. The quantitative estimate of drug-likeness (QED) is 0.632. The molecule has 1 aromatic carbocycles. The maximum atomic E-state index is 13.1. The first-order valence-electron chi connectivity index (χ1n) is 8.53. The largest absolute Gasteiger partial charge is 0.450 e. The molecule has 0 aromatic heterocycles. The highest BCUT2D eigenvalue weighted by Gasteiger charge is 2.59. The van der Waals surface area contributed by atoms with Gasteiger partial charge in [0.1, 0.15) is 5.92 Å². The summed E-state index contributed by atoms with van der Waals surface area (Å²) in [6, 6.07) is 10.1. The maximum absolute atomic E-state index is 13.1. The molecule has 0 radical (unpaired) electrons. The molecule has 2 saturated carbocycles. The predicted molar refractivity (Wildman–Crippen MR) is 82.3 cm³/mol. The highest BCUT2D eigenvalue weighted by Crippen LogP contribution is 2.52. The zero-order chi connectivity index (χ0) is 15.2. The monoisotopic (exact) mass is 298 g/mol. The first-order chi connectivity index (χ1) is 10.7. The van der Waals surface area contributed by atoms with Crippen molar-refractivity contribution in [1.29, 1.82) is 0 Å². The summed E-state index contributed by atoms with van der Waals surface area (Å²) in [6.45, 7) is 0.